The van der Waals surface area contributed by atoms with E-state index in [-0.39, 0.29) is 11.3 Å². The van der Waals surface area contributed by atoms with Gasteiger partial charge in [-0.05, 0) is 30.5 Å². The van der Waals surface area contributed by atoms with Crippen molar-refractivity contribution in [2.45, 2.75) is 25.8 Å². The Balaban J connectivity index is 1.66. The Hall–Kier alpha value is -3.16. The predicted molar refractivity (Wildman–Crippen MR) is 130 cm³/mol. The summed E-state index contributed by atoms with van der Waals surface area (Å²) in [6.07, 6.45) is 1.60. The number of aliphatic hydroxyl groups excluding tert-OH is 1. The summed E-state index contributed by atoms with van der Waals surface area (Å²) in [5, 5.41) is 11.1. The molecule has 0 bridgehead atoms. The predicted octanol–water partition coefficient (Wildman–Crippen LogP) is 3.62. The van der Waals surface area contributed by atoms with Gasteiger partial charge in [-0.2, -0.15) is 0 Å². The van der Waals surface area contributed by atoms with Gasteiger partial charge in [0.25, 0.3) is 11.7 Å². The van der Waals surface area contributed by atoms with Gasteiger partial charge in [0.1, 0.15) is 11.5 Å². The lowest BCUT2D eigenvalue weighted by molar-refractivity contribution is -0.140. The first kappa shape index (κ1) is 24.0. The number of nitrogens with zero attached hydrogens (tertiary/aromatic N) is 2. The molecule has 0 spiro atoms. The molecule has 1 atom stereocenters. The Morgan fingerprint density at radius 1 is 1.06 bits per heavy atom. The second-order valence-corrected chi connectivity index (χ2v) is 8.59. The molecule has 2 heterocycles. The average molecular weight is 465 g/mol. The number of ether oxygens (including phenoxy) is 2. The van der Waals surface area contributed by atoms with Crippen LogP contribution < -0.4 is 4.74 Å². The average Bonchev–Trinajstić information content (AvgIpc) is 3.13. The van der Waals surface area contributed by atoms with Crippen LogP contribution in [0.3, 0.4) is 0 Å². The van der Waals surface area contributed by atoms with Crippen LogP contribution in [0.4, 0.5) is 0 Å². The van der Waals surface area contributed by atoms with E-state index in [1.54, 1.807) is 29.2 Å². The Labute approximate surface area is 200 Å². The van der Waals surface area contributed by atoms with Crippen LogP contribution in [-0.4, -0.2) is 72.6 Å². The lowest BCUT2D eigenvalue weighted by atomic mass is 9.95. The summed E-state index contributed by atoms with van der Waals surface area (Å²) in [5.74, 6) is -0.709. The minimum absolute atomic E-state index is 0.121. The highest BCUT2D eigenvalue weighted by molar-refractivity contribution is 6.46. The van der Waals surface area contributed by atoms with Crippen molar-refractivity contribution >= 4 is 17.4 Å². The SMILES string of the molecule is CCCOc1cccc([C@H]2/C(=C(\O)c3ccccc3)C(=O)C(=O)N2CCCN2CCOCC2)c1. The van der Waals surface area contributed by atoms with Crippen molar-refractivity contribution in [2.75, 3.05) is 46.0 Å². The fourth-order valence-electron chi connectivity index (χ4n) is 4.49. The van der Waals surface area contributed by atoms with Gasteiger partial charge in [-0.15, -0.1) is 0 Å². The molecule has 1 amide bonds. The fourth-order valence-corrected chi connectivity index (χ4v) is 4.49. The molecule has 2 aliphatic rings. The number of likely N-dealkylation sites (tertiary alicyclic amines) is 1. The molecule has 0 aliphatic carbocycles. The zero-order chi connectivity index (χ0) is 23.9. The van der Waals surface area contributed by atoms with E-state index in [9.17, 15) is 14.7 Å². The number of amides is 1. The number of rotatable bonds is 9. The van der Waals surface area contributed by atoms with E-state index in [4.69, 9.17) is 9.47 Å². The molecule has 2 aromatic carbocycles. The first-order valence-electron chi connectivity index (χ1n) is 12.0. The zero-order valence-corrected chi connectivity index (χ0v) is 19.6. The third kappa shape index (κ3) is 5.32. The quantitative estimate of drug-likeness (QED) is 0.347. The second kappa shape index (κ2) is 11.3. The van der Waals surface area contributed by atoms with Crippen LogP contribution in [0, 0.1) is 0 Å². The number of hydrogen-bond acceptors (Lipinski definition) is 6. The zero-order valence-electron chi connectivity index (χ0n) is 19.6. The number of aliphatic hydroxyl groups is 1. The van der Waals surface area contributed by atoms with Gasteiger partial charge < -0.3 is 19.5 Å². The minimum atomic E-state index is -0.671. The number of morpholine rings is 1. The maximum atomic E-state index is 13.2. The van der Waals surface area contributed by atoms with Crippen LogP contribution in [-0.2, 0) is 14.3 Å². The van der Waals surface area contributed by atoms with Gasteiger partial charge in [-0.1, -0.05) is 49.4 Å². The van der Waals surface area contributed by atoms with Gasteiger partial charge in [0, 0.05) is 31.7 Å². The third-order valence-corrected chi connectivity index (χ3v) is 6.21. The number of Topliss-reactive ketones (excluding diaryl/α,β-unsaturated/α-hetero) is 1. The monoisotopic (exact) mass is 464 g/mol. The Kier molecular flexibility index (Phi) is 7.98. The van der Waals surface area contributed by atoms with Crippen molar-refractivity contribution in [3.05, 3.63) is 71.3 Å². The molecule has 0 saturated carbocycles. The highest BCUT2D eigenvalue weighted by Gasteiger charge is 2.45. The Bertz CT molecular complexity index is 1030. The highest BCUT2D eigenvalue weighted by atomic mass is 16.5. The standard InChI is InChI=1S/C27H32N2O5/c1-2-16-34-22-11-6-10-21(19-22)24-23(25(30)20-8-4-3-5-9-20)26(31)27(32)29(24)13-7-12-28-14-17-33-18-15-28/h3-6,8-11,19,24,30H,2,7,12-18H2,1H3/b25-23+/t24-/m0/s1. The van der Waals surface area contributed by atoms with Crippen LogP contribution in [0.1, 0.15) is 36.9 Å². The molecule has 2 fully saturated rings. The Morgan fingerprint density at radius 2 is 1.82 bits per heavy atom. The molecule has 34 heavy (non-hydrogen) atoms. The summed E-state index contributed by atoms with van der Waals surface area (Å²) in [4.78, 5) is 30.2. The van der Waals surface area contributed by atoms with Crippen molar-refractivity contribution in [1.29, 1.82) is 0 Å². The topological polar surface area (TPSA) is 79.3 Å². The fraction of sp³-hybridized carbons (Fsp3) is 0.407. The summed E-state index contributed by atoms with van der Waals surface area (Å²) in [5.41, 5.74) is 1.38. The van der Waals surface area contributed by atoms with Crippen molar-refractivity contribution < 1.29 is 24.2 Å². The first-order valence-corrected chi connectivity index (χ1v) is 12.0. The lowest BCUT2D eigenvalue weighted by Gasteiger charge is -2.29. The minimum Gasteiger partial charge on any atom is -0.507 e. The first-order chi connectivity index (χ1) is 16.6. The lowest BCUT2D eigenvalue weighted by Crippen LogP contribution is -2.38. The molecular weight excluding hydrogens is 432 g/mol. The van der Waals surface area contributed by atoms with E-state index >= 15 is 0 Å². The van der Waals surface area contributed by atoms with E-state index in [0.29, 0.717) is 37.7 Å². The number of carbonyl (C=O) groups is 2. The number of benzene rings is 2. The van der Waals surface area contributed by atoms with Crippen molar-refractivity contribution in [2.24, 2.45) is 0 Å². The summed E-state index contributed by atoms with van der Waals surface area (Å²) in [6.45, 7) is 7.01. The molecule has 1 N–H and O–H groups in total. The number of carbonyl (C=O) groups excluding carboxylic acids is 2. The largest absolute Gasteiger partial charge is 0.507 e. The second-order valence-electron chi connectivity index (χ2n) is 8.59. The van der Waals surface area contributed by atoms with Gasteiger partial charge in [-0.25, -0.2) is 0 Å². The molecule has 0 aromatic heterocycles. The van der Waals surface area contributed by atoms with Gasteiger partial charge in [-0.3, -0.25) is 14.5 Å². The van der Waals surface area contributed by atoms with E-state index in [1.165, 1.54) is 0 Å². The molecule has 0 unspecified atom stereocenters. The van der Waals surface area contributed by atoms with E-state index in [1.807, 2.05) is 37.3 Å². The van der Waals surface area contributed by atoms with Crippen molar-refractivity contribution in [1.82, 2.24) is 9.80 Å². The summed E-state index contributed by atoms with van der Waals surface area (Å²) >= 11 is 0. The summed E-state index contributed by atoms with van der Waals surface area (Å²) < 4.78 is 11.2. The van der Waals surface area contributed by atoms with Crippen LogP contribution in [0.5, 0.6) is 5.75 Å². The molecule has 4 rings (SSSR count). The Morgan fingerprint density at radius 3 is 2.56 bits per heavy atom. The third-order valence-electron chi connectivity index (χ3n) is 6.21. The molecule has 2 saturated heterocycles. The smallest absolute Gasteiger partial charge is 0.295 e. The van der Waals surface area contributed by atoms with Crippen molar-refractivity contribution in [3.8, 4) is 5.75 Å². The van der Waals surface area contributed by atoms with Crippen LogP contribution in [0.25, 0.3) is 5.76 Å². The number of hydrogen-bond donors (Lipinski definition) is 1. The molecular formula is C27H32N2O5. The molecule has 0 radical (unpaired) electrons. The maximum Gasteiger partial charge on any atom is 0.295 e. The van der Waals surface area contributed by atoms with E-state index in [0.717, 1.165) is 38.0 Å². The molecule has 7 nitrogen and oxygen atoms in total. The van der Waals surface area contributed by atoms with Crippen LogP contribution >= 0.6 is 0 Å². The molecule has 180 valence electrons. The van der Waals surface area contributed by atoms with Gasteiger partial charge in [0.05, 0.1) is 31.4 Å². The maximum absolute atomic E-state index is 13.2. The van der Waals surface area contributed by atoms with E-state index < -0.39 is 17.7 Å². The molecule has 2 aromatic rings. The van der Waals surface area contributed by atoms with Crippen molar-refractivity contribution in [3.63, 3.8) is 0 Å². The van der Waals surface area contributed by atoms with Crippen LogP contribution in [0.2, 0.25) is 0 Å². The van der Waals surface area contributed by atoms with Crippen LogP contribution in [0.15, 0.2) is 60.2 Å². The van der Waals surface area contributed by atoms with Gasteiger partial charge in [0.15, 0.2) is 0 Å². The van der Waals surface area contributed by atoms with Gasteiger partial charge >= 0.3 is 0 Å². The van der Waals surface area contributed by atoms with E-state index in [2.05, 4.69) is 4.90 Å². The number of ketones is 1. The molecule has 2 aliphatic heterocycles. The molecule has 7 heteroatoms. The summed E-state index contributed by atoms with van der Waals surface area (Å²) in [6, 6.07) is 15.7. The highest BCUT2D eigenvalue weighted by Crippen LogP contribution is 2.40. The van der Waals surface area contributed by atoms with Gasteiger partial charge in [0.2, 0.25) is 0 Å². The summed E-state index contributed by atoms with van der Waals surface area (Å²) in [7, 11) is 0. The normalized spacial score (nSPS) is 20.6.